The SMILES string of the molecule is CCc1ccc(-n2c(SCC(=O)Nc3ccc(Br)cc3)nnc2-c2ccc(Cl)cc2)cc1. The molecule has 32 heavy (non-hydrogen) atoms. The van der Waals surface area contributed by atoms with Crippen molar-refractivity contribution in [2.24, 2.45) is 0 Å². The third kappa shape index (κ3) is 5.41. The lowest BCUT2D eigenvalue weighted by atomic mass is 10.1. The summed E-state index contributed by atoms with van der Waals surface area (Å²) in [6.07, 6.45) is 0.963. The van der Waals surface area contributed by atoms with E-state index in [-0.39, 0.29) is 11.7 Å². The molecule has 0 saturated carbocycles. The summed E-state index contributed by atoms with van der Waals surface area (Å²) in [5.74, 6) is 0.796. The molecular weight excluding hydrogens is 508 g/mol. The van der Waals surface area contributed by atoms with Gasteiger partial charge in [-0.2, -0.15) is 0 Å². The van der Waals surface area contributed by atoms with E-state index < -0.39 is 0 Å². The number of halogens is 2. The van der Waals surface area contributed by atoms with Gasteiger partial charge in [-0.05, 0) is 72.6 Å². The number of nitrogens with one attached hydrogen (secondary N) is 1. The number of thioether (sulfide) groups is 1. The summed E-state index contributed by atoms with van der Waals surface area (Å²) in [5.41, 5.74) is 3.83. The number of carbonyl (C=O) groups is 1. The molecule has 0 aliphatic rings. The summed E-state index contributed by atoms with van der Waals surface area (Å²) < 4.78 is 2.93. The van der Waals surface area contributed by atoms with E-state index in [0.717, 1.165) is 27.8 Å². The van der Waals surface area contributed by atoms with Crippen LogP contribution in [0.15, 0.2) is 82.4 Å². The molecule has 162 valence electrons. The van der Waals surface area contributed by atoms with Gasteiger partial charge in [0.2, 0.25) is 5.91 Å². The number of anilines is 1. The molecule has 0 spiro atoms. The Kier molecular flexibility index (Phi) is 7.29. The lowest BCUT2D eigenvalue weighted by Crippen LogP contribution is -2.14. The van der Waals surface area contributed by atoms with E-state index in [1.54, 1.807) is 0 Å². The Morgan fingerprint density at radius 1 is 1.00 bits per heavy atom. The van der Waals surface area contributed by atoms with Crippen molar-refractivity contribution in [3.63, 3.8) is 0 Å². The average molecular weight is 528 g/mol. The Morgan fingerprint density at radius 2 is 1.69 bits per heavy atom. The maximum absolute atomic E-state index is 12.5. The summed E-state index contributed by atoms with van der Waals surface area (Å²) in [6.45, 7) is 2.12. The van der Waals surface area contributed by atoms with Gasteiger partial charge in [-0.15, -0.1) is 10.2 Å². The van der Waals surface area contributed by atoms with Gasteiger partial charge in [-0.3, -0.25) is 9.36 Å². The van der Waals surface area contributed by atoms with Gasteiger partial charge in [0.1, 0.15) is 0 Å². The van der Waals surface area contributed by atoms with Crippen LogP contribution in [0.3, 0.4) is 0 Å². The van der Waals surface area contributed by atoms with Crippen LogP contribution >= 0.6 is 39.3 Å². The Bertz CT molecular complexity index is 1210. The van der Waals surface area contributed by atoms with E-state index in [9.17, 15) is 4.79 Å². The Labute approximate surface area is 204 Å². The molecular formula is C24H20BrClN4OS. The maximum Gasteiger partial charge on any atom is 0.234 e. The number of carbonyl (C=O) groups excluding carboxylic acids is 1. The van der Waals surface area contributed by atoms with Gasteiger partial charge in [0.05, 0.1) is 5.75 Å². The molecule has 4 rings (SSSR count). The highest BCUT2D eigenvalue weighted by Crippen LogP contribution is 2.29. The van der Waals surface area contributed by atoms with Crippen molar-refractivity contribution < 1.29 is 4.79 Å². The van der Waals surface area contributed by atoms with Crippen molar-refractivity contribution in [3.05, 3.63) is 87.9 Å². The highest BCUT2D eigenvalue weighted by Gasteiger charge is 2.17. The fourth-order valence-corrected chi connectivity index (χ4v) is 4.27. The van der Waals surface area contributed by atoms with E-state index in [2.05, 4.69) is 50.5 Å². The highest BCUT2D eigenvalue weighted by atomic mass is 79.9. The summed E-state index contributed by atoms with van der Waals surface area (Å²) >= 11 is 10.8. The van der Waals surface area contributed by atoms with Gasteiger partial charge in [0.25, 0.3) is 0 Å². The standard InChI is InChI=1S/C24H20BrClN4OS/c1-2-16-3-13-21(14-4-16)30-23(17-5-9-19(26)10-6-17)28-29-24(30)32-15-22(31)27-20-11-7-18(25)8-12-20/h3-14H,2,15H2,1H3,(H,27,31). The van der Waals surface area contributed by atoms with Crippen LogP contribution in [-0.2, 0) is 11.2 Å². The van der Waals surface area contributed by atoms with Crippen molar-refractivity contribution in [1.29, 1.82) is 0 Å². The fraction of sp³-hybridized carbons (Fsp3) is 0.125. The minimum absolute atomic E-state index is 0.110. The molecule has 0 fully saturated rings. The average Bonchev–Trinajstić information content (AvgIpc) is 3.24. The second-order valence-corrected chi connectivity index (χ2v) is 9.31. The molecule has 0 saturated heterocycles. The summed E-state index contributed by atoms with van der Waals surface area (Å²) in [7, 11) is 0. The normalized spacial score (nSPS) is 10.8. The quantitative estimate of drug-likeness (QED) is 0.274. The monoisotopic (exact) mass is 526 g/mol. The molecule has 1 N–H and O–H groups in total. The Hall–Kier alpha value is -2.61. The van der Waals surface area contributed by atoms with Crippen LogP contribution in [-0.4, -0.2) is 26.4 Å². The fourth-order valence-electron chi connectivity index (χ4n) is 3.12. The number of aryl methyl sites for hydroxylation is 1. The number of hydrogen-bond acceptors (Lipinski definition) is 4. The van der Waals surface area contributed by atoms with Crippen LogP contribution in [0.5, 0.6) is 0 Å². The first kappa shape index (κ1) is 22.6. The van der Waals surface area contributed by atoms with Gasteiger partial charge in [-0.1, -0.05) is 58.3 Å². The van der Waals surface area contributed by atoms with Crippen LogP contribution in [0.1, 0.15) is 12.5 Å². The van der Waals surface area contributed by atoms with Gasteiger partial charge < -0.3 is 5.32 Å². The van der Waals surface area contributed by atoms with Crippen LogP contribution in [0.4, 0.5) is 5.69 Å². The van der Waals surface area contributed by atoms with Gasteiger partial charge in [0.15, 0.2) is 11.0 Å². The molecule has 8 heteroatoms. The molecule has 0 radical (unpaired) electrons. The summed E-state index contributed by atoms with van der Waals surface area (Å²) in [4.78, 5) is 12.5. The Morgan fingerprint density at radius 3 is 2.34 bits per heavy atom. The zero-order valence-corrected chi connectivity index (χ0v) is 20.4. The third-order valence-electron chi connectivity index (χ3n) is 4.80. The van der Waals surface area contributed by atoms with Crippen molar-refractivity contribution in [2.45, 2.75) is 18.5 Å². The largest absolute Gasteiger partial charge is 0.325 e. The van der Waals surface area contributed by atoms with E-state index >= 15 is 0 Å². The minimum atomic E-state index is -0.110. The van der Waals surface area contributed by atoms with Gasteiger partial charge in [-0.25, -0.2) is 0 Å². The molecule has 4 aromatic rings. The second kappa shape index (κ2) is 10.3. The maximum atomic E-state index is 12.5. The number of benzene rings is 3. The van der Waals surface area contributed by atoms with E-state index in [1.165, 1.54) is 17.3 Å². The topological polar surface area (TPSA) is 59.8 Å². The predicted octanol–water partition coefficient (Wildman–Crippen LogP) is 6.64. The molecule has 0 aliphatic heterocycles. The number of rotatable bonds is 7. The third-order valence-corrected chi connectivity index (χ3v) is 6.51. The van der Waals surface area contributed by atoms with Crippen molar-refractivity contribution >= 4 is 50.9 Å². The first-order valence-electron chi connectivity index (χ1n) is 10.0. The first-order chi connectivity index (χ1) is 15.5. The van der Waals surface area contributed by atoms with E-state index in [4.69, 9.17) is 11.6 Å². The summed E-state index contributed by atoms with van der Waals surface area (Å²) in [6, 6.07) is 23.2. The molecule has 1 heterocycles. The van der Waals surface area contributed by atoms with Crippen LogP contribution in [0, 0.1) is 0 Å². The van der Waals surface area contributed by atoms with Gasteiger partial charge >= 0.3 is 0 Å². The van der Waals surface area contributed by atoms with E-state index in [0.29, 0.717) is 16.0 Å². The summed E-state index contributed by atoms with van der Waals surface area (Å²) in [5, 5.41) is 13.0. The molecule has 1 aromatic heterocycles. The number of nitrogens with zero attached hydrogens (tertiary/aromatic N) is 3. The molecule has 1 amide bonds. The van der Waals surface area contributed by atoms with E-state index in [1.807, 2.05) is 65.2 Å². The van der Waals surface area contributed by atoms with Crippen molar-refractivity contribution in [2.75, 3.05) is 11.1 Å². The van der Waals surface area contributed by atoms with Gasteiger partial charge in [0, 0.05) is 26.4 Å². The lowest BCUT2D eigenvalue weighted by Gasteiger charge is -2.11. The number of aromatic nitrogens is 3. The number of amides is 1. The highest BCUT2D eigenvalue weighted by molar-refractivity contribution is 9.10. The molecule has 5 nitrogen and oxygen atoms in total. The Balaban J connectivity index is 1.60. The first-order valence-corrected chi connectivity index (χ1v) is 12.2. The smallest absolute Gasteiger partial charge is 0.234 e. The van der Waals surface area contributed by atoms with Crippen LogP contribution in [0.25, 0.3) is 17.1 Å². The van der Waals surface area contributed by atoms with Crippen molar-refractivity contribution in [1.82, 2.24) is 14.8 Å². The minimum Gasteiger partial charge on any atom is -0.325 e. The zero-order valence-electron chi connectivity index (χ0n) is 17.3. The van der Waals surface area contributed by atoms with Crippen molar-refractivity contribution in [3.8, 4) is 17.1 Å². The molecule has 0 aliphatic carbocycles. The van der Waals surface area contributed by atoms with Crippen LogP contribution < -0.4 is 5.32 Å². The zero-order chi connectivity index (χ0) is 22.5. The predicted molar refractivity (Wildman–Crippen MR) is 135 cm³/mol. The molecule has 0 bridgehead atoms. The molecule has 3 aromatic carbocycles. The van der Waals surface area contributed by atoms with Crippen LogP contribution in [0.2, 0.25) is 5.02 Å². The lowest BCUT2D eigenvalue weighted by molar-refractivity contribution is -0.113. The molecule has 0 unspecified atom stereocenters. The number of hydrogen-bond donors (Lipinski definition) is 1. The molecule has 0 atom stereocenters. The second-order valence-electron chi connectivity index (χ2n) is 7.01.